The van der Waals surface area contributed by atoms with Crippen LogP contribution in [0.25, 0.3) is 11.1 Å². The number of pyridine rings is 1. The van der Waals surface area contributed by atoms with Crippen molar-refractivity contribution in [3.8, 4) is 11.1 Å². The van der Waals surface area contributed by atoms with Crippen LogP contribution >= 0.6 is 0 Å². The first kappa shape index (κ1) is 14.6. The van der Waals surface area contributed by atoms with E-state index in [1.54, 1.807) is 12.4 Å². The summed E-state index contributed by atoms with van der Waals surface area (Å²) in [5, 5.41) is 0. The molecule has 24 heavy (non-hydrogen) atoms. The SMILES string of the molecule is Cc1cccc(C(=O)N2CCc3cc(-c4ccncc4)ccc32)c1. The molecule has 0 fully saturated rings. The number of aromatic nitrogens is 1. The van der Waals surface area contributed by atoms with E-state index in [-0.39, 0.29) is 5.91 Å². The number of amides is 1. The van der Waals surface area contributed by atoms with Gasteiger partial charge in [-0.05, 0) is 66.4 Å². The van der Waals surface area contributed by atoms with E-state index < -0.39 is 0 Å². The minimum Gasteiger partial charge on any atom is -0.308 e. The highest BCUT2D eigenvalue weighted by molar-refractivity contribution is 6.07. The predicted molar refractivity (Wildman–Crippen MR) is 96.2 cm³/mol. The van der Waals surface area contributed by atoms with E-state index in [0.29, 0.717) is 0 Å². The third kappa shape index (κ3) is 2.58. The van der Waals surface area contributed by atoms with Crippen molar-refractivity contribution in [3.05, 3.63) is 83.7 Å². The smallest absolute Gasteiger partial charge is 0.258 e. The molecule has 0 N–H and O–H groups in total. The maximum atomic E-state index is 12.8. The van der Waals surface area contributed by atoms with Crippen molar-refractivity contribution in [2.45, 2.75) is 13.3 Å². The summed E-state index contributed by atoms with van der Waals surface area (Å²) in [7, 11) is 0. The van der Waals surface area contributed by atoms with Gasteiger partial charge in [0.1, 0.15) is 0 Å². The van der Waals surface area contributed by atoms with E-state index in [4.69, 9.17) is 0 Å². The summed E-state index contributed by atoms with van der Waals surface area (Å²) < 4.78 is 0. The number of rotatable bonds is 2. The van der Waals surface area contributed by atoms with Crippen molar-refractivity contribution in [2.75, 3.05) is 11.4 Å². The quantitative estimate of drug-likeness (QED) is 0.708. The fourth-order valence-electron chi connectivity index (χ4n) is 3.27. The maximum Gasteiger partial charge on any atom is 0.258 e. The lowest BCUT2D eigenvalue weighted by atomic mass is 10.0. The molecule has 1 aliphatic heterocycles. The first-order chi connectivity index (χ1) is 11.7. The summed E-state index contributed by atoms with van der Waals surface area (Å²) in [6, 6.07) is 18.1. The minimum atomic E-state index is 0.0779. The molecule has 2 aromatic carbocycles. The van der Waals surface area contributed by atoms with Crippen molar-refractivity contribution in [1.82, 2.24) is 4.98 Å². The Balaban J connectivity index is 1.66. The van der Waals surface area contributed by atoms with Crippen molar-refractivity contribution in [1.29, 1.82) is 0 Å². The molecule has 1 aromatic heterocycles. The van der Waals surface area contributed by atoms with Crippen LogP contribution in [0.15, 0.2) is 67.0 Å². The molecule has 0 radical (unpaired) electrons. The molecule has 0 bridgehead atoms. The minimum absolute atomic E-state index is 0.0779. The van der Waals surface area contributed by atoms with Crippen molar-refractivity contribution in [2.24, 2.45) is 0 Å². The third-order valence-corrected chi connectivity index (χ3v) is 4.50. The first-order valence-corrected chi connectivity index (χ1v) is 8.14. The molecule has 118 valence electrons. The normalized spacial score (nSPS) is 13.0. The Morgan fingerprint density at radius 3 is 2.62 bits per heavy atom. The van der Waals surface area contributed by atoms with E-state index in [9.17, 15) is 4.79 Å². The number of nitrogens with zero attached hydrogens (tertiary/aromatic N) is 2. The zero-order valence-electron chi connectivity index (χ0n) is 13.6. The molecule has 0 unspecified atom stereocenters. The Labute approximate surface area is 141 Å². The van der Waals surface area contributed by atoms with Crippen LogP contribution < -0.4 is 4.90 Å². The van der Waals surface area contributed by atoms with Gasteiger partial charge in [0.05, 0.1) is 0 Å². The van der Waals surface area contributed by atoms with E-state index in [1.807, 2.05) is 48.2 Å². The highest BCUT2D eigenvalue weighted by Gasteiger charge is 2.25. The summed E-state index contributed by atoms with van der Waals surface area (Å²) >= 11 is 0. The van der Waals surface area contributed by atoms with Crippen molar-refractivity contribution < 1.29 is 4.79 Å². The second-order valence-electron chi connectivity index (χ2n) is 6.16. The standard InChI is InChI=1S/C21H18N2O/c1-15-3-2-4-19(13-15)21(24)23-12-9-18-14-17(5-6-20(18)23)16-7-10-22-11-8-16/h2-8,10-11,13-14H,9,12H2,1H3. The number of fused-ring (bicyclic) bond motifs is 1. The van der Waals surface area contributed by atoms with Crippen LogP contribution in [-0.2, 0) is 6.42 Å². The molecule has 4 rings (SSSR count). The van der Waals surface area contributed by atoms with Gasteiger partial charge in [-0.1, -0.05) is 23.8 Å². The largest absolute Gasteiger partial charge is 0.308 e. The van der Waals surface area contributed by atoms with Gasteiger partial charge in [0.2, 0.25) is 0 Å². The molecule has 0 spiro atoms. The van der Waals surface area contributed by atoms with Gasteiger partial charge >= 0.3 is 0 Å². The van der Waals surface area contributed by atoms with Gasteiger partial charge in [-0.25, -0.2) is 0 Å². The average Bonchev–Trinajstić information content (AvgIpc) is 3.05. The predicted octanol–water partition coefficient (Wildman–Crippen LogP) is 4.26. The van der Waals surface area contributed by atoms with Crippen molar-refractivity contribution in [3.63, 3.8) is 0 Å². The van der Waals surface area contributed by atoms with Crippen LogP contribution in [0.1, 0.15) is 21.5 Å². The van der Waals surface area contributed by atoms with E-state index in [0.717, 1.165) is 35.3 Å². The molecule has 2 heterocycles. The first-order valence-electron chi connectivity index (χ1n) is 8.14. The summed E-state index contributed by atoms with van der Waals surface area (Å²) in [5.41, 5.74) is 6.43. The highest BCUT2D eigenvalue weighted by atomic mass is 16.2. The number of aryl methyl sites for hydroxylation is 1. The third-order valence-electron chi connectivity index (χ3n) is 4.50. The summed E-state index contributed by atoms with van der Waals surface area (Å²) in [6.07, 6.45) is 4.50. The Hall–Kier alpha value is -2.94. The lowest BCUT2D eigenvalue weighted by Gasteiger charge is -2.18. The molecule has 3 heteroatoms. The molecule has 0 saturated heterocycles. The molecule has 0 saturated carbocycles. The van der Waals surface area contributed by atoms with Gasteiger partial charge in [-0.3, -0.25) is 9.78 Å². The summed E-state index contributed by atoms with van der Waals surface area (Å²) in [4.78, 5) is 18.8. The average molecular weight is 314 g/mol. The van der Waals surface area contributed by atoms with Gasteiger partial charge in [0.15, 0.2) is 0 Å². The zero-order chi connectivity index (χ0) is 16.5. The van der Waals surface area contributed by atoms with E-state index in [2.05, 4.69) is 23.2 Å². The number of hydrogen-bond acceptors (Lipinski definition) is 2. The number of anilines is 1. The van der Waals surface area contributed by atoms with Gasteiger partial charge in [0.25, 0.3) is 5.91 Å². The fraction of sp³-hybridized carbons (Fsp3) is 0.143. The van der Waals surface area contributed by atoms with E-state index >= 15 is 0 Å². The number of carbonyl (C=O) groups is 1. The van der Waals surface area contributed by atoms with E-state index in [1.165, 1.54) is 11.1 Å². The van der Waals surface area contributed by atoms with Gasteiger partial charge in [-0.15, -0.1) is 0 Å². The number of hydrogen-bond donors (Lipinski definition) is 0. The molecule has 1 aliphatic rings. The second-order valence-corrected chi connectivity index (χ2v) is 6.16. The Morgan fingerprint density at radius 1 is 1.00 bits per heavy atom. The van der Waals surface area contributed by atoms with Gasteiger partial charge in [-0.2, -0.15) is 0 Å². The summed E-state index contributed by atoms with van der Waals surface area (Å²) in [6.45, 7) is 2.75. The molecular formula is C21H18N2O. The molecular weight excluding hydrogens is 296 g/mol. The van der Waals surface area contributed by atoms with Crippen molar-refractivity contribution >= 4 is 11.6 Å². The van der Waals surface area contributed by atoms with Crippen LogP contribution in [-0.4, -0.2) is 17.4 Å². The highest BCUT2D eigenvalue weighted by Crippen LogP contribution is 2.33. The molecule has 3 aromatic rings. The lowest BCUT2D eigenvalue weighted by molar-refractivity contribution is 0.0989. The molecule has 0 atom stereocenters. The van der Waals surface area contributed by atoms with Crippen LogP contribution in [0.2, 0.25) is 0 Å². The molecule has 1 amide bonds. The molecule has 0 aliphatic carbocycles. The van der Waals surface area contributed by atoms with Crippen LogP contribution in [0.4, 0.5) is 5.69 Å². The summed E-state index contributed by atoms with van der Waals surface area (Å²) in [5.74, 6) is 0.0779. The topological polar surface area (TPSA) is 33.2 Å². The van der Waals surface area contributed by atoms with Crippen LogP contribution in [0.5, 0.6) is 0 Å². The number of carbonyl (C=O) groups excluding carboxylic acids is 1. The van der Waals surface area contributed by atoms with Gasteiger partial charge in [0, 0.05) is 30.2 Å². The van der Waals surface area contributed by atoms with Gasteiger partial charge < -0.3 is 4.90 Å². The maximum absolute atomic E-state index is 12.8. The lowest BCUT2D eigenvalue weighted by Crippen LogP contribution is -2.28. The van der Waals surface area contributed by atoms with Crippen LogP contribution in [0.3, 0.4) is 0 Å². The second kappa shape index (κ2) is 5.93. The Bertz CT molecular complexity index is 903. The van der Waals surface area contributed by atoms with Crippen LogP contribution in [0, 0.1) is 6.92 Å². The zero-order valence-corrected chi connectivity index (χ0v) is 13.6. The fourth-order valence-corrected chi connectivity index (χ4v) is 3.27. The Kier molecular flexibility index (Phi) is 3.62. The molecule has 3 nitrogen and oxygen atoms in total. The Morgan fingerprint density at radius 2 is 1.83 bits per heavy atom. The number of benzene rings is 2. The monoisotopic (exact) mass is 314 g/mol.